The first-order valence-electron chi connectivity index (χ1n) is 5.82. The van der Waals surface area contributed by atoms with Gasteiger partial charge in [0.1, 0.15) is 5.82 Å². The van der Waals surface area contributed by atoms with Crippen LogP contribution in [0.5, 0.6) is 0 Å². The van der Waals surface area contributed by atoms with Gasteiger partial charge in [-0.15, -0.1) is 0 Å². The van der Waals surface area contributed by atoms with E-state index in [2.05, 4.69) is 5.32 Å². The fourth-order valence-corrected chi connectivity index (χ4v) is 1.93. The number of aryl methyl sites for hydroxylation is 1. The molecule has 0 aliphatic heterocycles. The molecule has 3 nitrogen and oxygen atoms in total. The highest BCUT2D eigenvalue weighted by Gasteiger charge is 2.12. The number of carbonyl (C=O) groups is 1. The summed E-state index contributed by atoms with van der Waals surface area (Å²) < 4.78 is 13.3. The highest BCUT2D eigenvalue weighted by atomic mass is 32.2. The number of nitrogens with one attached hydrogen (secondary N) is 1. The number of rotatable bonds is 6. The predicted molar refractivity (Wildman–Crippen MR) is 74.0 cm³/mol. The lowest BCUT2D eigenvalue weighted by molar-refractivity contribution is -0.122. The zero-order valence-corrected chi connectivity index (χ0v) is 11.5. The van der Waals surface area contributed by atoms with E-state index in [1.165, 1.54) is 6.07 Å². The van der Waals surface area contributed by atoms with Crippen LogP contribution in [0.25, 0.3) is 0 Å². The van der Waals surface area contributed by atoms with Gasteiger partial charge in [0.2, 0.25) is 5.91 Å². The van der Waals surface area contributed by atoms with Gasteiger partial charge in [-0.05, 0) is 42.5 Å². The van der Waals surface area contributed by atoms with E-state index in [9.17, 15) is 9.18 Å². The van der Waals surface area contributed by atoms with E-state index in [4.69, 9.17) is 5.73 Å². The summed E-state index contributed by atoms with van der Waals surface area (Å²) in [5.74, 6) is 0.409. The van der Waals surface area contributed by atoms with Crippen LogP contribution in [-0.4, -0.2) is 24.0 Å². The molecule has 0 aliphatic carbocycles. The van der Waals surface area contributed by atoms with Crippen molar-refractivity contribution < 1.29 is 9.18 Å². The molecular weight excluding hydrogens is 251 g/mol. The van der Waals surface area contributed by atoms with Crippen LogP contribution >= 0.6 is 11.8 Å². The normalized spacial score (nSPS) is 12.2. The van der Waals surface area contributed by atoms with Crippen molar-refractivity contribution in [1.29, 1.82) is 0 Å². The maximum absolute atomic E-state index is 13.3. The Bertz CT molecular complexity index is 412. The Hall–Kier alpha value is -1.07. The molecule has 0 aromatic heterocycles. The molecule has 0 bridgehead atoms. The molecule has 100 valence electrons. The number of benzene rings is 1. The molecule has 1 amide bonds. The Morgan fingerprint density at radius 1 is 1.56 bits per heavy atom. The SMILES string of the molecule is CSCC[C@@H](N)C(=O)NCc1ccc(C)c(F)c1. The van der Waals surface area contributed by atoms with Crippen molar-refractivity contribution >= 4 is 17.7 Å². The Balaban J connectivity index is 2.44. The van der Waals surface area contributed by atoms with Gasteiger partial charge < -0.3 is 11.1 Å². The zero-order chi connectivity index (χ0) is 13.5. The second-order valence-corrected chi connectivity index (χ2v) is 5.17. The summed E-state index contributed by atoms with van der Waals surface area (Å²) >= 11 is 1.66. The van der Waals surface area contributed by atoms with E-state index in [0.29, 0.717) is 18.5 Å². The summed E-state index contributed by atoms with van der Waals surface area (Å²) in [4.78, 5) is 11.6. The number of thioether (sulfide) groups is 1. The van der Waals surface area contributed by atoms with Crippen LogP contribution < -0.4 is 11.1 Å². The van der Waals surface area contributed by atoms with Crippen LogP contribution in [0.15, 0.2) is 18.2 Å². The predicted octanol–water partition coefficient (Wildman–Crippen LogP) is 1.83. The molecule has 0 aliphatic rings. The first kappa shape index (κ1) is 15.0. The van der Waals surface area contributed by atoms with E-state index in [1.807, 2.05) is 6.26 Å². The number of hydrogen-bond donors (Lipinski definition) is 2. The molecule has 1 aromatic carbocycles. The minimum Gasteiger partial charge on any atom is -0.351 e. The topological polar surface area (TPSA) is 55.1 Å². The molecule has 0 fully saturated rings. The third-order valence-electron chi connectivity index (χ3n) is 2.67. The van der Waals surface area contributed by atoms with Gasteiger partial charge in [0.15, 0.2) is 0 Å². The second-order valence-electron chi connectivity index (χ2n) is 4.19. The standard InChI is InChI=1S/C13H19FN2OS/c1-9-3-4-10(7-11(9)14)8-16-13(17)12(15)5-6-18-2/h3-4,7,12H,5-6,8,15H2,1-2H3,(H,16,17)/t12-/m1/s1. The molecule has 0 radical (unpaired) electrons. The maximum atomic E-state index is 13.3. The van der Waals surface area contributed by atoms with Crippen molar-refractivity contribution in [2.75, 3.05) is 12.0 Å². The molecule has 0 saturated heterocycles. The average Bonchev–Trinajstić information content (AvgIpc) is 2.36. The van der Waals surface area contributed by atoms with Crippen molar-refractivity contribution in [2.45, 2.75) is 25.9 Å². The molecule has 1 atom stereocenters. The lowest BCUT2D eigenvalue weighted by Crippen LogP contribution is -2.40. The number of nitrogens with two attached hydrogens (primary N) is 1. The average molecular weight is 270 g/mol. The van der Waals surface area contributed by atoms with Gasteiger partial charge in [0.25, 0.3) is 0 Å². The second kappa shape index (κ2) is 7.38. The van der Waals surface area contributed by atoms with Crippen LogP contribution in [0.1, 0.15) is 17.5 Å². The van der Waals surface area contributed by atoms with Crippen molar-refractivity contribution in [3.05, 3.63) is 35.1 Å². The summed E-state index contributed by atoms with van der Waals surface area (Å²) in [6.07, 6.45) is 2.62. The highest BCUT2D eigenvalue weighted by molar-refractivity contribution is 7.98. The first-order chi connectivity index (χ1) is 8.54. The van der Waals surface area contributed by atoms with E-state index < -0.39 is 6.04 Å². The van der Waals surface area contributed by atoms with Gasteiger partial charge in [0.05, 0.1) is 6.04 Å². The van der Waals surface area contributed by atoms with E-state index in [0.717, 1.165) is 11.3 Å². The number of amides is 1. The van der Waals surface area contributed by atoms with Crippen molar-refractivity contribution in [3.63, 3.8) is 0 Å². The molecule has 1 rings (SSSR count). The van der Waals surface area contributed by atoms with Crippen molar-refractivity contribution in [3.8, 4) is 0 Å². The number of hydrogen-bond acceptors (Lipinski definition) is 3. The van der Waals surface area contributed by atoms with E-state index >= 15 is 0 Å². The third kappa shape index (κ3) is 4.66. The van der Waals surface area contributed by atoms with Crippen molar-refractivity contribution in [1.82, 2.24) is 5.32 Å². The fraction of sp³-hybridized carbons (Fsp3) is 0.462. The zero-order valence-electron chi connectivity index (χ0n) is 10.7. The molecule has 18 heavy (non-hydrogen) atoms. The lowest BCUT2D eigenvalue weighted by atomic mass is 10.1. The van der Waals surface area contributed by atoms with Gasteiger partial charge in [-0.1, -0.05) is 12.1 Å². The van der Waals surface area contributed by atoms with Crippen LogP contribution in [-0.2, 0) is 11.3 Å². The molecule has 1 aromatic rings. The Morgan fingerprint density at radius 3 is 2.89 bits per heavy atom. The van der Waals surface area contributed by atoms with Crippen LogP contribution in [0, 0.1) is 12.7 Å². The van der Waals surface area contributed by atoms with Crippen LogP contribution in [0.2, 0.25) is 0 Å². The van der Waals surface area contributed by atoms with Gasteiger partial charge in [0, 0.05) is 6.54 Å². The summed E-state index contributed by atoms with van der Waals surface area (Å²) in [5, 5.41) is 2.71. The Morgan fingerprint density at radius 2 is 2.28 bits per heavy atom. The summed E-state index contributed by atoms with van der Waals surface area (Å²) in [5.41, 5.74) is 7.06. The lowest BCUT2D eigenvalue weighted by Gasteiger charge is -2.11. The van der Waals surface area contributed by atoms with E-state index in [-0.39, 0.29) is 11.7 Å². The maximum Gasteiger partial charge on any atom is 0.237 e. The number of carbonyl (C=O) groups excluding carboxylic acids is 1. The summed E-state index contributed by atoms with van der Waals surface area (Å²) in [6.45, 7) is 2.01. The first-order valence-corrected chi connectivity index (χ1v) is 7.21. The minimum absolute atomic E-state index is 0.190. The monoisotopic (exact) mass is 270 g/mol. The van der Waals surface area contributed by atoms with Gasteiger partial charge in [-0.25, -0.2) is 4.39 Å². The fourth-order valence-electron chi connectivity index (χ4n) is 1.44. The molecule has 5 heteroatoms. The van der Waals surface area contributed by atoms with Crippen molar-refractivity contribution in [2.24, 2.45) is 5.73 Å². The van der Waals surface area contributed by atoms with Gasteiger partial charge in [-0.3, -0.25) is 4.79 Å². The van der Waals surface area contributed by atoms with E-state index in [1.54, 1.807) is 30.8 Å². The Labute approximate surface area is 111 Å². The van der Waals surface area contributed by atoms with Gasteiger partial charge in [-0.2, -0.15) is 11.8 Å². The smallest absolute Gasteiger partial charge is 0.237 e. The summed E-state index contributed by atoms with van der Waals surface area (Å²) in [7, 11) is 0. The summed E-state index contributed by atoms with van der Waals surface area (Å²) in [6, 6.07) is 4.44. The van der Waals surface area contributed by atoms with Crippen LogP contribution in [0.3, 0.4) is 0 Å². The quantitative estimate of drug-likeness (QED) is 0.829. The molecule has 0 unspecified atom stereocenters. The Kier molecular flexibility index (Phi) is 6.15. The van der Waals surface area contributed by atoms with Crippen LogP contribution in [0.4, 0.5) is 4.39 Å². The molecule has 0 saturated carbocycles. The highest BCUT2D eigenvalue weighted by Crippen LogP contribution is 2.09. The molecule has 0 heterocycles. The number of halogens is 1. The molecular formula is C13H19FN2OS. The third-order valence-corrected chi connectivity index (χ3v) is 3.32. The van der Waals surface area contributed by atoms with Gasteiger partial charge >= 0.3 is 0 Å². The minimum atomic E-state index is -0.493. The molecule has 0 spiro atoms. The largest absolute Gasteiger partial charge is 0.351 e. The molecule has 3 N–H and O–H groups in total.